The van der Waals surface area contributed by atoms with Gasteiger partial charge in [0.2, 0.25) is 5.91 Å². The van der Waals surface area contributed by atoms with Gasteiger partial charge in [0.1, 0.15) is 5.82 Å². The summed E-state index contributed by atoms with van der Waals surface area (Å²) in [5.74, 6) is 0.0947. The summed E-state index contributed by atoms with van der Waals surface area (Å²) < 4.78 is 15.9. The molecular formula is C23H33FN4O. The van der Waals surface area contributed by atoms with Crippen LogP contribution in [0.25, 0.3) is 0 Å². The molecule has 5 nitrogen and oxygen atoms in total. The van der Waals surface area contributed by atoms with Crippen LogP contribution >= 0.6 is 0 Å². The molecule has 0 unspecified atom stereocenters. The fourth-order valence-corrected chi connectivity index (χ4v) is 4.09. The van der Waals surface area contributed by atoms with E-state index < -0.39 is 0 Å². The van der Waals surface area contributed by atoms with Gasteiger partial charge in [-0.1, -0.05) is 13.8 Å². The van der Waals surface area contributed by atoms with E-state index in [-0.39, 0.29) is 11.7 Å². The maximum Gasteiger partial charge on any atom is 0.224 e. The van der Waals surface area contributed by atoms with Crippen molar-refractivity contribution in [2.45, 2.75) is 66.3 Å². The number of amides is 1. The standard InChI is InChI=1S/C23H33FN4O/c1-16(2)15-28-18(4)20(17(3)26-28)9-11-23(29)25-21-14-19(24)8-10-22(21)27-12-6-5-7-13-27/h8,10,14,16H,5-7,9,11-13,15H2,1-4H3,(H,25,29). The molecule has 0 aliphatic carbocycles. The molecule has 1 N–H and O–H groups in total. The Morgan fingerprint density at radius 3 is 2.62 bits per heavy atom. The molecule has 2 heterocycles. The van der Waals surface area contributed by atoms with Crippen LogP contribution in [0.4, 0.5) is 15.8 Å². The molecule has 0 atom stereocenters. The highest BCUT2D eigenvalue weighted by Gasteiger charge is 2.18. The summed E-state index contributed by atoms with van der Waals surface area (Å²) in [4.78, 5) is 14.9. The summed E-state index contributed by atoms with van der Waals surface area (Å²) >= 11 is 0. The van der Waals surface area contributed by atoms with Gasteiger partial charge < -0.3 is 10.2 Å². The summed E-state index contributed by atoms with van der Waals surface area (Å²) in [7, 11) is 0. The lowest BCUT2D eigenvalue weighted by molar-refractivity contribution is -0.116. The zero-order valence-corrected chi connectivity index (χ0v) is 18.1. The Morgan fingerprint density at radius 1 is 1.21 bits per heavy atom. The number of rotatable bonds is 7. The molecule has 1 saturated heterocycles. The Balaban J connectivity index is 1.67. The second kappa shape index (κ2) is 9.42. The number of anilines is 2. The average molecular weight is 401 g/mol. The highest BCUT2D eigenvalue weighted by Crippen LogP contribution is 2.29. The average Bonchev–Trinajstić information content (AvgIpc) is 2.93. The number of halogens is 1. The third-order valence-corrected chi connectivity index (χ3v) is 5.60. The number of aromatic nitrogens is 2. The number of piperidine rings is 1. The van der Waals surface area contributed by atoms with Crippen LogP contribution < -0.4 is 10.2 Å². The first-order valence-corrected chi connectivity index (χ1v) is 10.7. The predicted molar refractivity (Wildman–Crippen MR) is 116 cm³/mol. The Kier molecular flexibility index (Phi) is 6.93. The van der Waals surface area contributed by atoms with Gasteiger partial charge in [0.15, 0.2) is 0 Å². The van der Waals surface area contributed by atoms with Crippen molar-refractivity contribution in [2.75, 3.05) is 23.3 Å². The first-order valence-electron chi connectivity index (χ1n) is 10.7. The van der Waals surface area contributed by atoms with Crippen molar-refractivity contribution in [3.8, 4) is 0 Å². The molecule has 6 heteroatoms. The quantitative estimate of drug-likeness (QED) is 0.722. The maximum absolute atomic E-state index is 13.8. The molecule has 3 rings (SSSR count). The fraction of sp³-hybridized carbons (Fsp3) is 0.565. The lowest BCUT2D eigenvalue weighted by Gasteiger charge is -2.30. The van der Waals surface area contributed by atoms with Crippen LogP contribution in [0.2, 0.25) is 0 Å². The highest BCUT2D eigenvalue weighted by molar-refractivity contribution is 5.94. The van der Waals surface area contributed by atoms with Crippen molar-refractivity contribution >= 4 is 17.3 Å². The second-order valence-corrected chi connectivity index (χ2v) is 8.48. The van der Waals surface area contributed by atoms with Crippen molar-refractivity contribution < 1.29 is 9.18 Å². The number of nitrogens with zero attached hydrogens (tertiary/aromatic N) is 3. The smallest absolute Gasteiger partial charge is 0.224 e. The number of nitrogens with one attached hydrogen (secondary N) is 1. The van der Waals surface area contributed by atoms with Gasteiger partial charge in [0.05, 0.1) is 17.1 Å². The van der Waals surface area contributed by atoms with E-state index in [0.717, 1.165) is 55.1 Å². The van der Waals surface area contributed by atoms with E-state index in [0.29, 0.717) is 24.4 Å². The molecule has 0 saturated carbocycles. The topological polar surface area (TPSA) is 50.2 Å². The van der Waals surface area contributed by atoms with Crippen LogP contribution in [0.5, 0.6) is 0 Å². The minimum atomic E-state index is -0.331. The van der Waals surface area contributed by atoms with E-state index in [9.17, 15) is 9.18 Å². The molecule has 2 aromatic rings. The van der Waals surface area contributed by atoms with Crippen LogP contribution in [-0.2, 0) is 17.8 Å². The molecule has 0 bridgehead atoms. The molecule has 0 spiro atoms. The lowest BCUT2D eigenvalue weighted by Crippen LogP contribution is -2.30. The van der Waals surface area contributed by atoms with Gasteiger partial charge in [-0.25, -0.2) is 4.39 Å². The summed E-state index contributed by atoms with van der Waals surface area (Å²) in [6.07, 6.45) is 4.47. The fourth-order valence-electron chi connectivity index (χ4n) is 4.09. The van der Waals surface area contributed by atoms with Crippen LogP contribution in [0.1, 0.15) is 56.5 Å². The van der Waals surface area contributed by atoms with Gasteiger partial charge in [-0.15, -0.1) is 0 Å². The van der Waals surface area contributed by atoms with E-state index in [4.69, 9.17) is 0 Å². The normalized spacial score (nSPS) is 14.5. The highest BCUT2D eigenvalue weighted by atomic mass is 19.1. The number of carbonyl (C=O) groups is 1. The van der Waals surface area contributed by atoms with Crippen LogP contribution in [0, 0.1) is 25.6 Å². The summed E-state index contributed by atoms with van der Waals surface area (Å²) in [6, 6.07) is 4.68. The van der Waals surface area contributed by atoms with E-state index in [2.05, 4.69) is 36.1 Å². The van der Waals surface area contributed by atoms with E-state index in [1.165, 1.54) is 18.6 Å². The van der Waals surface area contributed by atoms with Crippen molar-refractivity contribution in [3.05, 3.63) is 41.0 Å². The molecule has 29 heavy (non-hydrogen) atoms. The first-order chi connectivity index (χ1) is 13.8. The molecule has 1 amide bonds. The van der Waals surface area contributed by atoms with E-state index in [1.54, 1.807) is 6.07 Å². The summed E-state index contributed by atoms with van der Waals surface area (Å²) in [6.45, 7) is 11.2. The number of carbonyl (C=O) groups excluding carboxylic acids is 1. The monoisotopic (exact) mass is 400 g/mol. The van der Waals surface area contributed by atoms with Crippen LogP contribution in [0.3, 0.4) is 0 Å². The molecular weight excluding hydrogens is 367 g/mol. The van der Waals surface area contributed by atoms with Gasteiger partial charge in [-0.2, -0.15) is 5.10 Å². The van der Waals surface area contributed by atoms with E-state index in [1.807, 2.05) is 11.6 Å². The molecule has 0 radical (unpaired) electrons. The number of benzene rings is 1. The summed E-state index contributed by atoms with van der Waals surface area (Å²) in [5.41, 5.74) is 4.73. The lowest BCUT2D eigenvalue weighted by atomic mass is 10.1. The second-order valence-electron chi connectivity index (χ2n) is 8.48. The largest absolute Gasteiger partial charge is 0.370 e. The SMILES string of the molecule is Cc1nn(CC(C)C)c(C)c1CCC(=O)Nc1cc(F)ccc1N1CCCCC1. The minimum absolute atomic E-state index is 0.0933. The Labute approximate surface area is 173 Å². The Morgan fingerprint density at radius 2 is 1.93 bits per heavy atom. The third kappa shape index (κ3) is 5.37. The molecule has 1 aliphatic heterocycles. The molecule has 1 aromatic heterocycles. The van der Waals surface area contributed by atoms with Gasteiger partial charge in [-0.05, 0) is 69.2 Å². The molecule has 158 valence electrons. The molecule has 1 aliphatic rings. The van der Waals surface area contributed by atoms with Gasteiger partial charge in [0, 0.05) is 31.7 Å². The van der Waals surface area contributed by atoms with E-state index >= 15 is 0 Å². The predicted octanol–water partition coefficient (Wildman–Crippen LogP) is 4.86. The zero-order chi connectivity index (χ0) is 21.0. The van der Waals surface area contributed by atoms with Gasteiger partial charge in [-0.3, -0.25) is 9.48 Å². The molecule has 1 aromatic carbocycles. The van der Waals surface area contributed by atoms with Crippen molar-refractivity contribution in [1.29, 1.82) is 0 Å². The zero-order valence-electron chi connectivity index (χ0n) is 18.1. The number of hydrogen-bond donors (Lipinski definition) is 1. The van der Waals surface area contributed by atoms with Crippen LogP contribution in [-0.4, -0.2) is 28.8 Å². The molecule has 1 fully saturated rings. The Bertz CT molecular complexity index is 853. The minimum Gasteiger partial charge on any atom is -0.370 e. The number of aryl methyl sites for hydroxylation is 1. The Hall–Kier alpha value is -2.37. The summed E-state index contributed by atoms with van der Waals surface area (Å²) in [5, 5.41) is 7.58. The van der Waals surface area contributed by atoms with Crippen molar-refractivity contribution in [3.63, 3.8) is 0 Å². The van der Waals surface area contributed by atoms with Gasteiger partial charge in [0.25, 0.3) is 0 Å². The van der Waals surface area contributed by atoms with Crippen LogP contribution in [0.15, 0.2) is 18.2 Å². The van der Waals surface area contributed by atoms with Crippen molar-refractivity contribution in [1.82, 2.24) is 9.78 Å². The third-order valence-electron chi connectivity index (χ3n) is 5.60. The van der Waals surface area contributed by atoms with Crippen molar-refractivity contribution in [2.24, 2.45) is 5.92 Å². The van der Waals surface area contributed by atoms with Gasteiger partial charge >= 0.3 is 0 Å². The maximum atomic E-state index is 13.8. The number of hydrogen-bond acceptors (Lipinski definition) is 3. The first kappa shape index (κ1) is 21.3.